The second-order valence-electron chi connectivity index (χ2n) is 6.22. The van der Waals surface area contributed by atoms with E-state index in [4.69, 9.17) is 4.98 Å². The molecular weight excluding hydrogens is 240 g/mol. The molecule has 0 saturated carbocycles. The van der Waals surface area contributed by atoms with E-state index >= 15 is 0 Å². The molecule has 0 fully saturated rings. The van der Waals surface area contributed by atoms with Crippen LogP contribution >= 0.6 is 11.3 Å². The van der Waals surface area contributed by atoms with Gasteiger partial charge in [-0.25, -0.2) is 4.98 Å². The van der Waals surface area contributed by atoms with E-state index in [1.165, 1.54) is 23.5 Å². The molecule has 0 aliphatic heterocycles. The molecule has 1 aromatic rings. The van der Waals surface area contributed by atoms with Gasteiger partial charge in [-0.1, -0.05) is 34.6 Å². The SMILES string of the molecule is CCCNCC(C)CCc1nc(C(C)(C)C)cs1. The Balaban J connectivity index is 2.33. The summed E-state index contributed by atoms with van der Waals surface area (Å²) in [6.45, 7) is 13.5. The third-order valence-corrected chi connectivity index (χ3v) is 4.00. The van der Waals surface area contributed by atoms with Crippen LogP contribution in [0.5, 0.6) is 0 Å². The van der Waals surface area contributed by atoms with Gasteiger partial charge >= 0.3 is 0 Å². The van der Waals surface area contributed by atoms with Gasteiger partial charge in [-0.3, -0.25) is 0 Å². The van der Waals surface area contributed by atoms with Crippen LogP contribution in [0.1, 0.15) is 58.2 Å². The van der Waals surface area contributed by atoms with Gasteiger partial charge in [0.1, 0.15) is 0 Å². The van der Waals surface area contributed by atoms with Crippen molar-refractivity contribution < 1.29 is 0 Å². The van der Waals surface area contributed by atoms with E-state index in [1.807, 2.05) is 11.3 Å². The molecule has 18 heavy (non-hydrogen) atoms. The summed E-state index contributed by atoms with van der Waals surface area (Å²) in [5.74, 6) is 0.735. The highest BCUT2D eigenvalue weighted by molar-refractivity contribution is 7.09. The Labute approximate surface area is 116 Å². The van der Waals surface area contributed by atoms with Crippen LogP contribution < -0.4 is 5.32 Å². The average molecular weight is 268 g/mol. The van der Waals surface area contributed by atoms with Gasteiger partial charge in [-0.2, -0.15) is 0 Å². The van der Waals surface area contributed by atoms with Gasteiger partial charge in [-0.15, -0.1) is 11.3 Å². The summed E-state index contributed by atoms with van der Waals surface area (Å²) in [6.07, 6.45) is 3.57. The monoisotopic (exact) mass is 268 g/mol. The van der Waals surface area contributed by atoms with Crippen molar-refractivity contribution in [3.8, 4) is 0 Å². The second kappa shape index (κ2) is 7.25. The molecule has 0 bridgehead atoms. The van der Waals surface area contributed by atoms with E-state index in [1.54, 1.807) is 0 Å². The van der Waals surface area contributed by atoms with Crippen molar-refractivity contribution in [2.24, 2.45) is 5.92 Å². The quantitative estimate of drug-likeness (QED) is 0.756. The molecule has 104 valence electrons. The molecule has 0 spiro atoms. The fraction of sp³-hybridized carbons (Fsp3) is 0.800. The Kier molecular flexibility index (Phi) is 6.30. The van der Waals surface area contributed by atoms with E-state index in [2.05, 4.69) is 45.3 Å². The van der Waals surface area contributed by atoms with Crippen molar-refractivity contribution in [2.75, 3.05) is 13.1 Å². The summed E-state index contributed by atoms with van der Waals surface area (Å²) < 4.78 is 0. The Hall–Kier alpha value is -0.410. The fourth-order valence-corrected chi connectivity index (χ4v) is 2.81. The zero-order chi connectivity index (χ0) is 13.6. The minimum atomic E-state index is 0.184. The Morgan fingerprint density at radius 3 is 2.67 bits per heavy atom. The van der Waals surface area contributed by atoms with E-state index in [0.717, 1.165) is 25.4 Å². The molecule has 3 heteroatoms. The zero-order valence-corrected chi connectivity index (χ0v) is 13.4. The predicted octanol–water partition coefficient (Wildman–Crippen LogP) is 4.01. The molecule has 0 radical (unpaired) electrons. The first kappa shape index (κ1) is 15.6. The lowest BCUT2D eigenvalue weighted by Gasteiger charge is -2.14. The van der Waals surface area contributed by atoms with Crippen LogP contribution in [-0.4, -0.2) is 18.1 Å². The number of aryl methyl sites for hydroxylation is 1. The normalized spacial score (nSPS) is 13.8. The largest absolute Gasteiger partial charge is 0.316 e. The Bertz CT molecular complexity index is 339. The van der Waals surface area contributed by atoms with Gasteiger partial charge in [0.25, 0.3) is 0 Å². The maximum Gasteiger partial charge on any atom is 0.0928 e. The van der Waals surface area contributed by atoms with Crippen LogP contribution in [0.15, 0.2) is 5.38 Å². The van der Waals surface area contributed by atoms with Gasteiger partial charge in [0.15, 0.2) is 0 Å². The second-order valence-corrected chi connectivity index (χ2v) is 7.17. The molecule has 1 rings (SSSR count). The topological polar surface area (TPSA) is 24.9 Å². The van der Waals surface area contributed by atoms with Gasteiger partial charge in [0.2, 0.25) is 0 Å². The number of hydrogen-bond acceptors (Lipinski definition) is 3. The first-order valence-corrected chi connectivity index (χ1v) is 7.97. The van der Waals surface area contributed by atoms with Crippen molar-refractivity contribution in [3.63, 3.8) is 0 Å². The summed E-state index contributed by atoms with van der Waals surface area (Å²) in [5, 5.41) is 6.99. The summed E-state index contributed by atoms with van der Waals surface area (Å²) in [6, 6.07) is 0. The van der Waals surface area contributed by atoms with Crippen molar-refractivity contribution in [2.45, 2.75) is 59.3 Å². The fourth-order valence-electron chi connectivity index (χ4n) is 1.77. The Morgan fingerprint density at radius 1 is 1.39 bits per heavy atom. The lowest BCUT2D eigenvalue weighted by molar-refractivity contribution is 0.480. The average Bonchev–Trinajstić information content (AvgIpc) is 2.75. The minimum absolute atomic E-state index is 0.184. The van der Waals surface area contributed by atoms with Crippen LogP contribution in [0.2, 0.25) is 0 Å². The third kappa shape index (κ3) is 5.49. The van der Waals surface area contributed by atoms with E-state index in [-0.39, 0.29) is 5.41 Å². The standard InChI is InChI=1S/C15H28N2S/c1-6-9-16-10-12(2)7-8-14-17-13(11-18-14)15(3,4)5/h11-12,16H,6-10H2,1-5H3. The first-order chi connectivity index (χ1) is 8.43. The van der Waals surface area contributed by atoms with Gasteiger partial charge in [-0.05, 0) is 38.3 Å². The maximum atomic E-state index is 4.75. The molecular formula is C15H28N2S. The number of aromatic nitrogens is 1. The molecule has 0 aliphatic carbocycles. The lowest BCUT2D eigenvalue weighted by Crippen LogP contribution is -2.22. The highest BCUT2D eigenvalue weighted by Crippen LogP contribution is 2.24. The number of thiazole rings is 1. The van der Waals surface area contributed by atoms with Crippen LogP contribution in [0.25, 0.3) is 0 Å². The van der Waals surface area contributed by atoms with Crippen LogP contribution in [0.4, 0.5) is 0 Å². The molecule has 1 unspecified atom stereocenters. The molecule has 1 N–H and O–H groups in total. The molecule has 0 aromatic carbocycles. The number of hydrogen-bond donors (Lipinski definition) is 1. The summed E-state index contributed by atoms with van der Waals surface area (Å²) >= 11 is 1.82. The van der Waals surface area contributed by atoms with Crippen molar-refractivity contribution in [1.82, 2.24) is 10.3 Å². The maximum absolute atomic E-state index is 4.75. The van der Waals surface area contributed by atoms with Crippen molar-refractivity contribution in [3.05, 3.63) is 16.1 Å². The smallest absolute Gasteiger partial charge is 0.0928 e. The molecule has 0 aliphatic rings. The molecule has 0 saturated heterocycles. The highest BCUT2D eigenvalue weighted by Gasteiger charge is 2.17. The Morgan fingerprint density at radius 2 is 2.11 bits per heavy atom. The lowest BCUT2D eigenvalue weighted by atomic mass is 9.93. The van der Waals surface area contributed by atoms with Crippen molar-refractivity contribution in [1.29, 1.82) is 0 Å². The van der Waals surface area contributed by atoms with Crippen molar-refractivity contribution >= 4 is 11.3 Å². The minimum Gasteiger partial charge on any atom is -0.316 e. The number of nitrogens with one attached hydrogen (secondary N) is 1. The van der Waals surface area contributed by atoms with Crippen LogP contribution in [-0.2, 0) is 11.8 Å². The summed E-state index contributed by atoms with van der Waals surface area (Å²) in [5.41, 5.74) is 1.42. The predicted molar refractivity (Wildman–Crippen MR) is 81.5 cm³/mol. The van der Waals surface area contributed by atoms with E-state index < -0.39 is 0 Å². The molecule has 2 nitrogen and oxygen atoms in total. The van der Waals surface area contributed by atoms with Gasteiger partial charge in [0.05, 0.1) is 10.7 Å². The summed E-state index contributed by atoms with van der Waals surface area (Å²) in [4.78, 5) is 4.75. The van der Waals surface area contributed by atoms with Gasteiger partial charge < -0.3 is 5.32 Å². The molecule has 1 aromatic heterocycles. The third-order valence-electron chi connectivity index (χ3n) is 3.09. The number of nitrogens with zero attached hydrogens (tertiary/aromatic N) is 1. The van der Waals surface area contributed by atoms with E-state index in [9.17, 15) is 0 Å². The first-order valence-electron chi connectivity index (χ1n) is 7.09. The van der Waals surface area contributed by atoms with Crippen LogP contribution in [0.3, 0.4) is 0 Å². The van der Waals surface area contributed by atoms with E-state index in [0.29, 0.717) is 0 Å². The molecule has 0 amide bonds. The zero-order valence-electron chi connectivity index (χ0n) is 12.5. The van der Waals surface area contributed by atoms with Gasteiger partial charge in [0, 0.05) is 10.8 Å². The highest BCUT2D eigenvalue weighted by atomic mass is 32.1. The number of rotatable bonds is 7. The van der Waals surface area contributed by atoms with Crippen LogP contribution in [0, 0.1) is 5.92 Å². The molecule has 1 heterocycles. The summed E-state index contributed by atoms with van der Waals surface area (Å²) in [7, 11) is 0. The molecule has 1 atom stereocenters.